The van der Waals surface area contributed by atoms with Crippen LogP contribution in [0.25, 0.3) is 6.08 Å². The van der Waals surface area contributed by atoms with Gasteiger partial charge in [-0.15, -0.1) is 0 Å². The Labute approximate surface area is 171 Å². The zero-order valence-corrected chi connectivity index (χ0v) is 15.8. The van der Waals surface area contributed by atoms with Crippen molar-refractivity contribution in [3.8, 4) is 0 Å². The van der Waals surface area contributed by atoms with E-state index in [0.717, 1.165) is 5.56 Å². The molecule has 150 valence electrons. The lowest BCUT2D eigenvalue weighted by Crippen LogP contribution is -2.40. The number of fused-ring (bicyclic) bond motifs is 1. The molecule has 0 bridgehead atoms. The second-order valence-electron chi connectivity index (χ2n) is 6.62. The Kier molecular flexibility index (Phi) is 5.33. The van der Waals surface area contributed by atoms with Crippen LogP contribution in [0.2, 0.25) is 0 Å². The molecule has 1 aromatic carbocycles. The molecule has 2 aromatic heterocycles. The van der Waals surface area contributed by atoms with Crippen molar-refractivity contribution in [2.75, 3.05) is 5.32 Å². The van der Waals surface area contributed by atoms with E-state index in [1.54, 1.807) is 54.9 Å². The van der Waals surface area contributed by atoms with Crippen LogP contribution in [-0.4, -0.2) is 37.9 Å². The molecule has 0 aliphatic carbocycles. The standard InChI is InChI=1S/C21H18N6O3/c28-18(9-8-14-5-4-10-22-11-14)23-19-16-12-27(13-17(16)25-26-19)21(30)24-20(29)15-6-2-1-3-7-15/h1-11H,12-13H2,(H,24,29,30)(H2,23,25,26,28). The number of hydrogen-bond donors (Lipinski definition) is 3. The van der Waals surface area contributed by atoms with E-state index in [4.69, 9.17) is 0 Å². The van der Waals surface area contributed by atoms with Crippen molar-refractivity contribution in [1.29, 1.82) is 0 Å². The molecule has 0 unspecified atom stereocenters. The summed E-state index contributed by atoms with van der Waals surface area (Å²) in [5.41, 5.74) is 2.62. The number of rotatable bonds is 4. The first kappa shape index (κ1) is 19.1. The van der Waals surface area contributed by atoms with E-state index in [9.17, 15) is 14.4 Å². The second-order valence-corrected chi connectivity index (χ2v) is 6.62. The summed E-state index contributed by atoms with van der Waals surface area (Å²) in [7, 11) is 0. The first-order chi connectivity index (χ1) is 14.6. The normalized spacial score (nSPS) is 12.6. The van der Waals surface area contributed by atoms with Crippen LogP contribution in [0.15, 0.2) is 60.9 Å². The SMILES string of the molecule is O=C(C=Cc1cccnc1)Nc1n[nH]c2c1CN(C(=O)NC(=O)c1ccccc1)C2. The van der Waals surface area contributed by atoms with Crippen molar-refractivity contribution in [3.63, 3.8) is 0 Å². The lowest BCUT2D eigenvalue weighted by atomic mass is 10.2. The van der Waals surface area contributed by atoms with Crippen molar-refractivity contribution in [2.45, 2.75) is 13.1 Å². The molecule has 4 rings (SSSR count). The molecule has 0 radical (unpaired) electrons. The van der Waals surface area contributed by atoms with Gasteiger partial charge in [-0.3, -0.25) is 25.0 Å². The number of nitrogens with zero attached hydrogens (tertiary/aromatic N) is 3. The molecule has 1 aliphatic heterocycles. The topological polar surface area (TPSA) is 120 Å². The van der Waals surface area contributed by atoms with Crippen molar-refractivity contribution in [3.05, 3.63) is 83.3 Å². The van der Waals surface area contributed by atoms with Crippen LogP contribution in [0.4, 0.5) is 10.6 Å². The summed E-state index contributed by atoms with van der Waals surface area (Å²) in [5.74, 6) is -0.464. The maximum absolute atomic E-state index is 12.4. The fraction of sp³-hybridized carbons (Fsp3) is 0.0952. The number of H-pyrrole nitrogens is 1. The van der Waals surface area contributed by atoms with Crippen molar-refractivity contribution in [1.82, 2.24) is 25.4 Å². The van der Waals surface area contributed by atoms with E-state index < -0.39 is 11.9 Å². The number of nitrogens with one attached hydrogen (secondary N) is 3. The van der Waals surface area contributed by atoms with Crippen LogP contribution >= 0.6 is 0 Å². The van der Waals surface area contributed by atoms with Crippen LogP contribution in [0, 0.1) is 0 Å². The molecule has 0 saturated heterocycles. The van der Waals surface area contributed by atoms with E-state index in [1.807, 2.05) is 6.07 Å². The van der Waals surface area contributed by atoms with Crippen LogP contribution in [0.5, 0.6) is 0 Å². The third kappa shape index (κ3) is 4.25. The highest BCUT2D eigenvalue weighted by atomic mass is 16.2. The van der Waals surface area contributed by atoms with Gasteiger partial charge in [0.1, 0.15) is 0 Å². The molecule has 0 spiro atoms. The summed E-state index contributed by atoms with van der Waals surface area (Å²) in [6.07, 6.45) is 6.32. The minimum atomic E-state index is -0.512. The van der Waals surface area contributed by atoms with Gasteiger partial charge in [0.2, 0.25) is 5.91 Å². The molecular weight excluding hydrogens is 384 g/mol. The number of aromatic amines is 1. The fourth-order valence-corrected chi connectivity index (χ4v) is 3.03. The zero-order chi connectivity index (χ0) is 20.9. The Balaban J connectivity index is 1.36. The van der Waals surface area contributed by atoms with Gasteiger partial charge < -0.3 is 10.2 Å². The van der Waals surface area contributed by atoms with Gasteiger partial charge in [-0.05, 0) is 29.8 Å². The smallest absolute Gasteiger partial charge is 0.314 e. The molecule has 0 atom stereocenters. The molecule has 9 heteroatoms. The number of carbonyl (C=O) groups excluding carboxylic acids is 3. The maximum Gasteiger partial charge on any atom is 0.324 e. The van der Waals surface area contributed by atoms with Crippen LogP contribution < -0.4 is 10.6 Å². The lowest BCUT2D eigenvalue weighted by Gasteiger charge is -2.16. The van der Waals surface area contributed by atoms with Crippen molar-refractivity contribution >= 4 is 29.7 Å². The second kappa shape index (κ2) is 8.39. The van der Waals surface area contributed by atoms with E-state index in [-0.39, 0.29) is 19.0 Å². The summed E-state index contributed by atoms with van der Waals surface area (Å²) in [4.78, 5) is 42.3. The quantitative estimate of drug-likeness (QED) is 0.579. The highest BCUT2D eigenvalue weighted by molar-refractivity contribution is 6.04. The number of urea groups is 1. The zero-order valence-electron chi connectivity index (χ0n) is 15.8. The van der Waals surface area contributed by atoms with E-state index >= 15 is 0 Å². The third-order valence-corrected chi connectivity index (χ3v) is 4.55. The molecule has 3 aromatic rings. The first-order valence-electron chi connectivity index (χ1n) is 9.20. The average molecular weight is 402 g/mol. The Morgan fingerprint density at radius 2 is 1.90 bits per heavy atom. The number of carbonyl (C=O) groups is 3. The molecular formula is C21H18N6O3. The van der Waals surface area contributed by atoms with E-state index in [1.165, 1.54) is 11.0 Å². The van der Waals surface area contributed by atoms with Crippen molar-refractivity contribution < 1.29 is 14.4 Å². The summed E-state index contributed by atoms with van der Waals surface area (Å²) in [6, 6.07) is 11.6. The number of imide groups is 1. The highest BCUT2D eigenvalue weighted by Gasteiger charge is 2.29. The van der Waals surface area contributed by atoms with Crippen LogP contribution in [-0.2, 0) is 17.9 Å². The maximum atomic E-state index is 12.4. The molecule has 0 fully saturated rings. The predicted molar refractivity (Wildman–Crippen MR) is 109 cm³/mol. The first-order valence-corrected chi connectivity index (χ1v) is 9.20. The molecule has 0 saturated carbocycles. The van der Waals surface area contributed by atoms with Crippen LogP contribution in [0.1, 0.15) is 27.2 Å². The monoisotopic (exact) mass is 402 g/mol. The Bertz CT molecular complexity index is 1110. The molecule has 9 nitrogen and oxygen atoms in total. The number of pyridine rings is 1. The predicted octanol–water partition coefficient (Wildman–Crippen LogP) is 2.32. The lowest BCUT2D eigenvalue weighted by molar-refractivity contribution is -0.111. The van der Waals surface area contributed by atoms with Gasteiger partial charge in [0.05, 0.1) is 18.8 Å². The number of anilines is 1. The minimum absolute atomic E-state index is 0.224. The summed E-state index contributed by atoms with van der Waals surface area (Å²) in [6.45, 7) is 0.485. The summed E-state index contributed by atoms with van der Waals surface area (Å²) in [5, 5.41) is 12.0. The number of benzene rings is 1. The Hall–Kier alpha value is -4.27. The van der Waals surface area contributed by atoms with Gasteiger partial charge in [-0.25, -0.2) is 4.79 Å². The largest absolute Gasteiger partial charge is 0.324 e. The van der Waals surface area contributed by atoms with E-state index in [2.05, 4.69) is 25.8 Å². The van der Waals surface area contributed by atoms with Gasteiger partial charge >= 0.3 is 6.03 Å². The number of aromatic nitrogens is 3. The highest BCUT2D eigenvalue weighted by Crippen LogP contribution is 2.27. The molecule has 1 aliphatic rings. The van der Waals surface area contributed by atoms with Crippen LogP contribution in [0.3, 0.4) is 0 Å². The number of amides is 4. The molecule has 4 amide bonds. The molecule has 3 N–H and O–H groups in total. The molecule has 3 heterocycles. The Morgan fingerprint density at radius 3 is 2.67 bits per heavy atom. The van der Waals surface area contributed by atoms with Gasteiger partial charge in [0.15, 0.2) is 5.82 Å². The summed E-state index contributed by atoms with van der Waals surface area (Å²) >= 11 is 0. The number of hydrogen-bond acceptors (Lipinski definition) is 5. The fourth-order valence-electron chi connectivity index (χ4n) is 3.03. The third-order valence-electron chi connectivity index (χ3n) is 4.55. The van der Waals surface area contributed by atoms with Crippen molar-refractivity contribution in [2.24, 2.45) is 0 Å². The van der Waals surface area contributed by atoms with Gasteiger partial charge in [0.25, 0.3) is 5.91 Å². The summed E-state index contributed by atoms with van der Waals surface area (Å²) < 4.78 is 0. The van der Waals surface area contributed by atoms with Gasteiger partial charge in [-0.1, -0.05) is 24.3 Å². The molecule has 30 heavy (non-hydrogen) atoms. The van der Waals surface area contributed by atoms with Gasteiger partial charge in [0, 0.05) is 29.6 Å². The van der Waals surface area contributed by atoms with Gasteiger partial charge in [-0.2, -0.15) is 5.10 Å². The minimum Gasteiger partial charge on any atom is -0.314 e. The average Bonchev–Trinajstić information content (AvgIpc) is 3.36. The van der Waals surface area contributed by atoms with E-state index in [0.29, 0.717) is 22.6 Å². The Morgan fingerprint density at radius 1 is 1.07 bits per heavy atom.